The molecular formula is C24H31N7O. The van der Waals surface area contributed by atoms with Crippen LogP contribution in [0.5, 0.6) is 0 Å². The van der Waals surface area contributed by atoms with Crippen LogP contribution >= 0.6 is 0 Å². The van der Waals surface area contributed by atoms with Crippen LogP contribution in [0.1, 0.15) is 49.0 Å². The summed E-state index contributed by atoms with van der Waals surface area (Å²) in [5.41, 5.74) is 2.91. The van der Waals surface area contributed by atoms with Gasteiger partial charge in [0, 0.05) is 82.1 Å². The smallest absolute Gasteiger partial charge is 0.231 e. The van der Waals surface area contributed by atoms with Crippen molar-refractivity contribution < 1.29 is 4.79 Å². The monoisotopic (exact) mass is 433 g/mol. The van der Waals surface area contributed by atoms with Crippen LogP contribution in [0.2, 0.25) is 0 Å². The van der Waals surface area contributed by atoms with Crippen molar-refractivity contribution in [2.24, 2.45) is 12.5 Å². The number of rotatable bonds is 6. The molecule has 0 aliphatic carbocycles. The highest BCUT2D eigenvalue weighted by Gasteiger charge is 2.57. The van der Waals surface area contributed by atoms with Crippen molar-refractivity contribution in [3.05, 3.63) is 66.3 Å². The molecule has 2 aliphatic rings. The number of imidazole rings is 1. The van der Waals surface area contributed by atoms with Gasteiger partial charge in [-0.2, -0.15) is 5.10 Å². The molecule has 5 rings (SSSR count). The first-order chi connectivity index (χ1) is 15.4. The number of amides is 1. The molecule has 0 bridgehead atoms. The van der Waals surface area contributed by atoms with Crippen LogP contribution in [0, 0.1) is 5.41 Å². The Balaban J connectivity index is 1.43. The molecule has 8 heteroatoms. The Morgan fingerprint density at radius 1 is 1.16 bits per heavy atom. The lowest BCUT2D eigenvalue weighted by atomic mass is 9.75. The highest BCUT2D eigenvalue weighted by Crippen LogP contribution is 2.50. The molecule has 1 spiro atoms. The van der Waals surface area contributed by atoms with Gasteiger partial charge in [-0.05, 0) is 38.0 Å². The van der Waals surface area contributed by atoms with E-state index < -0.39 is 5.41 Å². The average molecular weight is 434 g/mol. The van der Waals surface area contributed by atoms with E-state index in [4.69, 9.17) is 4.98 Å². The van der Waals surface area contributed by atoms with E-state index in [9.17, 15) is 4.79 Å². The zero-order valence-electron chi connectivity index (χ0n) is 19.1. The fourth-order valence-electron chi connectivity index (χ4n) is 5.32. The third-order valence-electron chi connectivity index (χ3n) is 7.02. The third kappa shape index (κ3) is 3.72. The van der Waals surface area contributed by atoms with E-state index >= 15 is 0 Å². The van der Waals surface area contributed by atoms with Crippen molar-refractivity contribution in [1.82, 2.24) is 34.1 Å². The number of aromatic nitrogens is 5. The van der Waals surface area contributed by atoms with Crippen molar-refractivity contribution in [2.45, 2.75) is 45.3 Å². The van der Waals surface area contributed by atoms with Crippen molar-refractivity contribution in [2.75, 3.05) is 19.6 Å². The predicted molar refractivity (Wildman–Crippen MR) is 121 cm³/mol. The van der Waals surface area contributed by atoms with Gasteiger partial charge in [0.25, 0.3) is 0 Å². The molecule has 32 heavy (non-hydrogen) atoms. The molecule has 3 aromatic heterocycles. The normalized spacial score (nSPS) is 23.8. The minimum Gasteiger partial charge on any atom is -0.338 e. The third-order valence-corrected chi connectivity index (χ3v) is 7.02. The fourth-order valence-corrected chi connectivity index (χ4v) is 5.32. The lowest BCUT2D eigenvalue weighted by molar-refractivity contribution is -0.136. The molecule has 2 aliphatic heterocycles. The van der Waals surface area contributed by atoms with Crippen LogP contribution in [0.25, 0.3) is 0 Å². The molecule has 2 atom stereocenters. The van der Waals surface area contributed by atoms with Gasteiger partial charge in [-0.1, -0.05) is 0 Å². The molecule has 5 heterocycles. The Hall–Kier alpha value is -3.00. The maximum Gasteiger partial charge on any atom is 0.231 e. The van der Waals surface area contributed by atoms with Crippen LogP contribution < -0.4 is 0 Å². The summed E-state index contributed by atoms with van der Waals surface area (Å²) in [7, 11) is 1.94. The number of carbonyl (C=O) groups excluding carboxylic acids is 1. The number of hydrogen-bond acceptors (Lipinski definition) is 5. The SMILES string of the molecule is CC(C)n1cnc([C@H]2CN(Cc3cnn(C)c3)C[C@@]23CCN(Cc2ccncc2)C3=O)c1. The van der Waals surface area contributed by atoms with Crippen molar-refractivity contribution in [1.29, 1.82) is 0 Å². The summed E-state index contributed by atoms with van der Waals surface area (Å²) in [4.78, 5) is 27.2. The highest BCUT2D eigenvalue weighted by atomic mass is 16.2. The fraction of sp³-hybridized carbons (Fsp3) is 0.500. The van der Waals surface area contributed by atoms with E-state index in [1.54, 1.807) is 12.4 Å². The summed E-state index contributed by atoms with van der Waals surface area (Å²) in [6.45, 7) is 8.12. The van der Waals surface area contributed by atoms with Gasteiger partial charge < -0.3 is 9.47 Å². The highest BCUT2D eigenvalue weighted by molar-refractivity contribution is 5.86. The van der Waals surface area contributed by atoms with Crippen molar-refractivity contribution in [3.63, 3.8) is 0 Å². The van der Waals surface area contributed by atoms with Crippen molar-refractivity contribution in [3.8, 4) is 0 Å². The molecule has 0 aromatic carbocycles. The summed E-state index contributed by atoms with van der Waals surface area (Å²) in [6, 6.07) is 4.33. The number of carbonyl (C=O) groups is 1. The second-order valence-electron chi connectivity index (χ2n) is 9.57. The summed E-state index contributed by atoms with van der Waals surface area (Å²) in [5.74, 6) is 0.348. The van der Waals surface area contributed by atoms with Crippen LogP contribution in [0.3, 0.4) is 0 Å². The Morgan fingerprint density at radius 3 is 2.66 bits per heavy atom. The molecule has 0 N–H and O–H groups in total. The van der Waals surface area contributed by atoms with E-state index in [-0.39, 0.29) is 11.8 Å². The average Bonchev–Trinajstić information content (AvgIpc) is 3.54. The molecule has 8 nitrogen and oxygen atoms in total. The van der Waals surface area contributed by atoms with Gasteiger partial charge in [0.15, 0.2) is 0 Å². The zero-order valence-corrected chi connectivity index (χ0v) is 19.1. The summed E-state index contributed by atoms with van der Waals surface area (Å²) in [5, 5.41) is 4.32. The predicted octanol–water partition coefficient (Wildman–Crippen LogP) is 2.61. The minimum atomic E-state index is -0.425. The topological polar surface area (TPSA) is 72.1 Å². The number of nitrogens with zero attached hydrogens (tertiary/aromatic N) is 7. The summed E-state index contributed by atoms with van der Waals surface area (Å²) < 4.78 is 3.97. The Morgan fingerprint density at radius 2 is 1.97 bits per heavy atom. The van der Waals surface area contributed by atoms with E-state index in [1.165, 1.54) is 5.56 Å². The first-order valence-corrected chi connectivity index (χ1v) is 11.4. The van der Waals surface area contributed by atoms with Crippen LogP contribution in [-0.2, 0) is 24.9 Å². The van der Waals surface area contributed by atoms with E-state index in [1.807, 2.05) is 41.3 Å². The maximum absolute atomic E-state index is 13.9. The molecule has 168 valence electrons. The summed E-state index contributed by atoms with van der Waals surface area (Å²) in [6.07, 6.45) is 12.5. The lowest BCUT2D eigenvalue weighted by Crippen LogP contribution is -2.39. The van der Waals surface area contributed by atoms with E-state index in [0.29, 0.717) is 12.6 Å². The second kappa shape index (κ2) is 8.16. The van der Waals surface area contributed by atoms with E-state index in [0.717, 1.165) is 43.9 Å². The number of likely N-dealkylation sites (tertiary alicyclic amines) is 2. The Kier molecular flexibility index (Phi) is 5.33. The van der Waals surface area contributed by atoms with Gasteiger partial charge in [-0.3, -0.25) is 19.4 Å². The molecule has 0 saturated carbocycles. The minimum absolute atomic E-state index is 0.0918. The quantitative estimate of drug-likeness (QED) is 0.598. The van der Waals surface area contributed by atoms with Gasteiger partial charge in [0.2, 0.25) is 5.91 Å². The lowest BCUT2D eigenvalue weighted by Gasteiger charge is -2.28. The Bertz CT molecular complexity index is 1090. The van der Waals surface area contributed by atoms with Crippen molar-refractivity contribution >= 4 is 5.91 Å². The molecule has 2 saturated heterocycles. The molecule has 0 unspecified atom stereocenters. The molecule has 2 fully saturated rings. The van der Waals surface area contributed by atoms with Gasteiger partial charge in [-0.25, -0.2) is 4.98 Å². The Labute approximate surface area is 188 Å². The zero-order chi connectivity index (χ0) is 22.3. The number of aryl methyl sites for hydroxylation is 1. The largest absolute Gasteiger partial charge is 0.338 e. The van der Waals surface area contributed by atoms with Gasteiger partial charge in [0.05, 0.1) is 23.6 Å². The van der Waals surface area contributed by atoms with E-state index in [2.05, 4.69) is 45.8 Å². The molecule has 0 radical (unpaired) electrons. The maximum atomic E-state index is 13.9. The van der Waals surface area contributed by atoms with Crippen LogP contribution in [-0.4, -0.2) is 59.7 Å². The standard InChI is InChI=1S/C24H31N7O/c1-18(2)31-15-22(26-17-31)21-14-29(12-20-10-27-28(3)11-20)16-24(21)6-9-30(23(24)32)13-19-4-7-25-8-5-19/h4-5,7-8,10-11,15,17-18,21H,6,9,12-14,16H2,1-3H3/t21-,24+/m1/s1. The molecule has 1 amide bonds. The van der Waals surface area contributed by atoms with Crippen LogP contribution in [0.15, 0.2) is 49.4 Å². The van der Waals surface area contributed by atoms with Crippen LogP contribution in [0.4, 0.5) is 0 Å². The number of hydrogen-bond donors (Lipinski definition) is 0. The van der Waals surface area contributed by atoms with Gasteiger partial charge in [-0.15, -0.1) is 0 Å². The molecular weight excluding hydrogens is 402 g/mol. The number of pyridine rings is 1. The first-order valence-electron chi connectivity index (χ1n) is 11.4. The first kappa shape index (κ1) is 20.9. The van der Waals surface area contributed by atoms with Gasteiger partial charge in [0.1, 0.15) is 0 Å². The van der Waals surface area contributed by atoms with Gasteiger partial charge >= 0.3 is 0 Å². The second-order valence-corrected chi connectivity index (χ2v) is 9.57. The summed E-state index contributed by atoms with van der Waals surface area (Å²) >= 11 is 0. The molecule has 3 aromatic rings.